The fourth-order valence-corrected chi connectivity index (χ4v) is 0.144. The summed E-state index contributed by atoms with van der Waals surface area (Å²) in [5, 5.41) is 15.2. The first-order valence-electron chi connectivity index (χ1n) is 3.01. The molecule has 0 aromatic rings. The first-order valence-corrected chi connectivity index (χ1v) is 3.01. The molecule has 0 amide bonds. The van der Waals surface area contributed by atoms with Crippen LogP contribution in [-0.2, 0) is 9.53 Å². The first-order chi connectivity index (χ1) is 4.72. The fraction of sp³-hybridized carbons (Fsp3) is 0.833. The quantitative estimate of drug-likeness (QED) is 0.523. The standard InChI is InChI=1S/C4H8O2.C2H6O2/c1-3-4(5)6-2;3-1-2-4/h3H2,1-2H3;3-4H,1-2H2. The summed E-state index contributed by atoms with van der Waals surface area (Å²) in [5.41, 5.74) is 0. The molecule has 0 heterocycles. The van der Waals surface area contributed by atoms with Crippen molar-refractivity contribution in [3.05, 3.63) is 0 Å². The Kier molecular flexibility index (Phi) is 13.6. The molecule has 2 N–H and O–H groups in total. The molecule has 4 nitrogen and oxygen atoms in total. The third-order valence-corrected chi connectivity index (χ3v) is 0.616. The maximum Gasteiger partial charge on any atom is 0.305 e. The van der Waals surface area contributed by atoms with Crippen molar-refractivity contribution in [3.63, 3.8) is 0 Å². The zero-order chi connectivity index (χ0) is 8.41. The van der Waals surface area contributed by atoms with Crippen molar-refractivity contribution >= 4 is 5.97 Å². The average molecular weight is 150 g/mol. The number of rotatable bonds is 2. The van der Waals surface area contributed by atoms with Gasteiger partial charge in [0.25, 0.3) is 0 Å². The highest BCUT2D eigenvalue weighted by molar-refractivity contribution is 5.68. The molecule has 10 heavy (non-hydrogen) atoms. The van der Waals surface area contributed by atoms with Crippen LogP contribution in [0.15, 0.2) is 0 Å². The molecule has 0 spiro atoms. The number of carbonyl (C=O) groups excluding carboxylic acids is 1. The van der Waals surface area contributed by atoms with Crippen LogP contribution in [0.4, 0.5) is 0 Å². The van der Waals surface area contributed by atoms with E-state index in [0.717, 1.165) is 0 Å². The molecule has 0 aromatic heterocycles. The van der Waals surface area contributed by atoms with Crippen LogP contribution in [0.1, 0.15) is 13.3 Å². The van der Waals surface area contributed by atoms with E-state index in [0.29, 0.717) is 6.42 Å². The van der Waals surface area contributed by atoms with Gasteiger partial charge in [-0.3, -0.25) is 4.79 Å². The van der Waals surface area contributed by atoms with Crippen LogP contribution in [-0.4, -0.2) is 36.5 Å². The van der Waals surface area contributed by atoms with Gasteiger partial charge in [-0.25, -0.2) is 0 Å². The smallest absolute Gasteiger partial charge is 0.305 e. The summed E-state index contributed by atoms with van der Waals surface area (Å²) >= 11 is 0. The largest absolute Gasteiger partial charge is 0.469 e. The number of hydrogen-bond donors (Lipinski definition) is 2. The highest BCUT2D eigenvalue weighted by atomic mass is 16.5. The molecule has 0 fully saturated rings. The molecule has 0 aromatic carbocycles. The number of aliphatic hydroxyl groups excluding tert-OH is 2. The fourth-order valence-electron chi connectivity index (χ4n) is 0.144. The summed E-state index contributed by atoms with van der Waals surface area (Å²) in [6, 6.07) is 0. The number of hydrogen-bond acceptors (Lipinski definition) is 4. The second-order valence-corrected chi connectivity index (χ2v) is 1.38. The van der Waals surface area contributed by atoms with Gasteiger partial charge in [0, 0.05) is 6.42 Å². The van der Waals surface area contributed by atoms with Crippen molar-refractivity contribution in [2.45, 2.75) is 13.3 Å². The van der Waals surface area contributed by atoms with Crippen molar-refractivity contribution in [1.29, 1.82) is 0 Å². The zero-order valence-corrected chi connectivity index (χ0v) is 6.33. The Morgan fingerprint density at radius 3 is 1.80 bits per heavy atom. The summed E-state index contributed by atoms with van der Waals surface area (Å²) in [6.07, 6.45) is 0.469. The van der Waals surface area contributed by atoms with Gasteiger partial charge in [-0.05, 0) is 0 Å². The monoisotopic (exact) mass is 150 g/mol. The number of methoxy groups -OCH3 is 1. The minimum absolute atomic E-state index is 0.125. The van der Waals surface area contributed by atoms with Crippen molar-refractivity contribution < 1.29 is 19.7 Å². The van der Waals surface area contributed by atoms with E-state index in [9.17, 15) is 4.79 Å². The van der Waals surface area contributed by atoms with Crippen molar-refractivity contribution in [2.75, 3.05) is 20.3 Å². The van der Waals surface area contributed by atoms with Crippen LogP contribution >= 0.6 is 0 Å². The summed E-state index contributed by atoms with van der Waals surface area (Å²) < 4.78 is 4.26. The number of carbonyl (C=O) groups is 1. The molecule has 0 aliphatic carbocycles. The second kappa shape index (κ2) is 11.2. The topological polar surface area (TPSA) is 66.8 Å². The summed E-state index contributed by atoms with van der Waals surface area (Å²) in [5.74, 6) is -0.157. The average Bonchev–Trinajstić information content (AvgIpc) is 2.03. The Labute approximate surface area is 60.4 Å². The van der Waals surface area contributed by atoms with Crippen LogP contribution in [0.5, 0.6) is 0 Å². The molecule has 0 bridgehead atoms. The van der Waals surface area contributed by atoms with E-state index >= 15 is 0 Å². The lowest BCUT2D eigenvalue weighted by atomic mass is 10.5. The number of aliphatic hydroxyl groups is 2. The van der Waals surface area contributed by atoms with Gasteiger partial charge >= 0.3 is 5.97 Å². The molecule has 0 rings (SSSR count). The van der Waals surface area contributed by atoms with E-state index in [2.05, 4.69) is 4.74 Å². The molecule has 0 saturated heterocycles. The molecule has 4 heteroatoms. The van der Waals surface area contributed by atoms with Crippen molar-refractivity contribution in [1.82, 2.24) is 0 Å². The molecule has 62 valence electrons. The van der Waals surface area contributed by atoms with Gasteiger partial charge in [0.2, 0.25) is 0 Å². The van der Waals surface area contributed by atoms with E-state index < -0.39 is 0 Å². The predicted molar refractivity (Wildman–Crippen MR) is 36.5 cm³/mol. The third-order valence-electron chi connectivity index (χ3n) is 0.616. The van der Waals surface area contributed by atoms with E-state index in [1.165, 1.54) is 7.11 Å². The Hall–Kier alpha value is -0.610. The van der Waals surface area contributed by atoms with Gasteiger partial charge in [-0.1, -0.05) is 6.92 Å². The van der Waals surface area contributed by atoms with E-state index in [1.807, 2.05) is 0 Å². The second-order valence-electron chi connectivity index (χ2n) is 1.38. The Morgan fingerprint density at radius 1 is 1.40 bits per heavy atom. The SMILES string of the molecule is CCC(=O)OC.OCCO. The summed E-state index contributed by atoms with van der Waals surface area (Å²) in [4.78, 5) is 9.96. The van der Waals surface area contributed by atoms with E-state index in [4.69, 9.17) is 10.2 Å². The minimum Gasteiger partial charge on any atom is -0.469 e. The maximum absolute atomic E-state index is 9.96. The minimum atomic E-state index is -0.157. The van der Waals surface area contributed by atoms with Gasteiger partial charge in [0.1, 0.15) is 0 Å². The Bertz CT molecular complexity index is 64.1. The molecular formula is C6H14O4. The van der Waals surface area contributed by atoms with Gasteiger partial charge in [-0.15, -0.1) is 0 Å². The lowest BCUT2D eigenvalue weighted by molar-refractivity contribution is -0.140. The molecule has 0 aliphatic rings. The Balaban J connectivity index is 0. The predicted octanol–water partition coefficient (Wildman–Crippen LogP) is -0.460. The molecular weight excluding hydrogens is 136 g/mol. The molecule has 0 unspecified atom stereocenters. The van der Waals surface area contributed by atoms with Crippen LogP contribution < -0.4 is 0 Å². The van der Waals surface area contributed by atoms with Crippen LogP contribution in [0, 0.1) is 0 Å². The number of esters is 1. The van der Waals surface area contributed by atoms with Gasteiger partial charge < -0.3 is 14.9 Å². The van der Waals surface area contributed by atoms with Crippen LogP contribution in [0.2, 0.25) is 0 Å². The molecule has 0 radical (unpaired) electrons. The normalized spacial score (nSPS) is 7.60. The van der Waals surface area contributed by atoms with Gasteiger partial charge in [0.05, 0.1) is 20.3 Å². The van der Waals surface area contributed by atoms with E-state index in [-0.39, 0.29) is 19.2 Å². The maximum atomic E-state index is 9.96. The van der Waals surface area contributed by atoms with Gasteiger partial charge in [-0.2, -0.15) is 0 Å². The van der Waals surface area contributed by atoms with Crippen LogP contribution in [0.25, 0.3) is 0 Å². The number of ether oxygens (including phenoxy) is 1. The molecule has 0 saturated carbocycles. The highest BCUT2D eigenvalue weighted by Crippen LogP contribution is 1.76. The van der Waals surface area contributed by atoms with Crippen molar-refractivity contribution in [3.8, 4) is 0 Å². The first kappa shape index (κ1) is 12.1. The lowest BCUT2D eigenvalue weighted by Crippen LogP contribution is -1.94. The summed E-state index contributed by atoms with van der Waals surface area (Å²) in [7, 11) is 1.38. The Morgan fingerprint density at radius 2 is 1.80 bits per heavy atom. The summed E-state index contributed by atoms with van der Waals surface area (Å²) in [6.45, 7) is 1.51. The van der Waals surface area contributed by atoms with Crippen molar-refractivity contribution in [2.24, 2.45) is 0 Å². The van der Waals surface area contributed by atoms with Gasteiger partial charge in [0.15, 0.2) is 0 Å². The third kappa shape index (κ3) is 15.7. The lowest BCUT2D eigenvalue weighted by Gasteiger charge is -1.87. The molecule has 0 aliphatic heterocycles. The molecule has 0 atom stereocenters. The zero-order valence-electron chi connectivity index (χ0n) is 6.33. The van der Waals surface area contributed by atoms with Crippen LogP contribution in [0.3, 0.4) is 0 Å². The highest BCUT2D eigenvalue weighted by Gasteiger charge is 1.87. The van der Waals surface area contributed by atoms with E-state index in [1.54, 1.807) is 6.92 Å².